The zero-order valence-corrected chi connectivity index (χ0v) is 27.8. The SMILES string of the molecule is CC(C)[C@](C)(NC(=O)[C@@](C)(NC(=O)[C@@](C)(NC(=O)[C@@](C)(NC(=O)OCc1ccccc1)C(C)C)C(C)C)C(C)C)C(=O)O. The number of aliphatic carboxylic acids is 1. The quantitative estimate of drug-likeness (QED) is 0.214. The van der Waals surface area contributed by atoms with E-state index in [-0.39, 0.29) is 6.61 Å². The highest BCUT2D eigenvalue weighted by Gasteiger charge is 2.50. The molecule has 0 spiro atoms. The van der Waals surface area contributed by atoms with E-state index in [2.05, 4.69) is 21.3 Å². The van der Waals surface area contributed by atoms with Crippen molar-refractivity contribution in [3.63, 3.8) is 0 Å². The molecule has 5 N–H and O–H groups in total. The van der Waals surface area contributed by atoms with E-state index >= 15 is 0 Å². The maximum atomic E-state index is 13.9. The normalized spacial score (nSPS) is 17.2. The van der Waals surface area contributed by atoms with Crippen LogP contribution in [0.4, 0.5) is 4.79 Å². The van der Waals surface area contributed by atoms with Crippen molar-refractivity contribution >= 4 is 29.8 Å². The monoisotopic (exact) mass is 604 g/mol. The second kappa shape index (κ2) is 14.2. The molecule has 0 radical (unpaired) electrons. The number of ether oxygens (including phenoxy) is 1. The molecule has 0 aliphatic carbocycles. The Morgan fingerprint density at radius 3 is 1.26 bits per heavy atom. The van der Waals surface area contributed by atoms with Crippen molar-refractivity contribution in [3.05, 3.63) is 35.9 Å². The summed E-state index contributed by atoms with van der Waals surface area (Å²) < 4.78 is 5.35. The van der Waals surface area contributed by atoms with Gasteiger partial charge in [-0.15, -0.1) is 0 Å². The van der Waals surface area contributed by atoms with E-state index in [1.807, 2.05) is 30.3 Å². The first kappa shape index (κ1) is 37.4. The largest absolute Gasteiger partial charge is 0.480 e. The average Bonchev–Trinajstić information content (AvgIpc) is 2.91. The number of nitrogens with one attached hydrogen (secondary N) is 4. The van der Waals surface area contributed by atoms with Crippen molar-refractivity contribution < 1.29 is 33.8 Å². The zero-order valence-electron chi connectivity index (χ0n) is 27.8. The summed E-state index contributed by atoms with van der Waals surface area (Å²) in [5.41, 5.74) is -5.29. The number of carboxylic acid groups (broad SMARTS) is 1. The minimum absolute atomic E-state index is 0.0160. The van der Waals surface area contributed by atoms with E-state index in [9.17, 15) is 29.1 Å². The third kappa shape index (κ3) is 8.48. The van der Waals surface area contributed by atoms with Gasteiger partial charge in [0.1, 0.15) is 28.8 Å². The Labute approximate surface area is 256 Å². The standard InChI is InChI=1S/C32H52N4O7/c1-19(2)29(9,24(37)33-30(10,20(3)4)25(38)35-32(12,22(7)8)27(40)41)34-26(39)31(11,21(5)6)36-28(42)43-18-23-16-14-13-15-17-23/h13-17,19-22H,18H2,1-12H3,(H,33,37)(H,34,39)(H,35,38)(H,36,42)(H,40,41)/t29-,30-,31-,32-/m0/s1. The molecule has 11 heteroatoms. The first-order valence-corrected chi connectivity index (χ1v) is 14.8. The van der Waals surface area contributed by atoms with Crippen molar-refractivity contribution in [2.24, 2.45) is 23.7 Å². The second-order valence-corrected chi connectivity index (χ2v) is 13.3. The van der Waals surface area contributed by atoms with Crippen LogP contribution in [0.15, 0.2) is 30.3 Å². The number of benzene rings is 1. The Morgan fingerprint density at radius 2 is 0.930 bits per heavy atom. The molecule has 1 aromatic carbocycles. The van der Waals surface area contributed by atoms with Gasteiger partial charge in [0, 0.05) is 0 Å². The van der Waals surface area contributed by atoms with E-state index in [4.69, 9.17) is 4.74 Å². The molecule has 0 bridgehead atoms. The van der Waals surface area contributed by atoms with Crippen LogP contribution in [0.1, 0.15) is 88.6 Å². The zero-order chi connectivity index (χ0) is 33.6. The van der Waals surface area contributed by atoms with Gasteiger partial charge < -0.3 is 31.1 Å². The molecule has 0 saturated heterocycles. The van der Waals surface area contributed by atoms with Crippen LogP contribution in [0.25, 0.3) is 0 Å². The topological polar surface area (TPSA) is 163 Å². The van der Waals surface area contributed by atoms with Crippen LogP contribution in [0.3, 0.4) is 0 Å². The summed E-state index contributed by atoms with van der Waals surface area (Å²) >= 11 is 0. The van der Waals surface area contributed by atoms with Gasteiger partial charge in [-0.3, -0.25) is 14.4 Å². The lowest BCUT2D eigenvalue weighted by Gasteiger charge is -2.43. The minimum Gasteiger partial charge on any atom is -0.480 e. The highest BCUT2D eigenvalue weighted by Crippen LogP contribution is 2.27. The number of hydrogen-bond acceptors (Lipinski definition) is 6. The summed E-state index contributed by atoms with van der Waals surface area (Å²) in [6.45, 7) is 19.9. The van der Waals surface area contributed by atoms with E-state index in [1.165, 1.54) is 13.8 Å². The number of rotatable bonds is 14. The molecule has 1 rings (SSSR count). The fourth-order valence-corrected chi connectivity index (χ4v) is 3.90. The Balaban J connectivity index is 3.27. The molecule has 0 fully saturated rings. The van der Waals surface area contributed by atoms with E-state index in [0.29, 0.717) is 0 Å². The summed E-state index contributed by atoms with van der Waals surface area (Å²) in [6.07, 6.45) is -0.790. The second-order valence-electron chi connectivity index (χ2n) is 13.3. The first-order chi connectivity index (χ1) is 19.6. The lowest BCUT2D eigenvalue weighted by molar-refractivity contribution is -0.151. The molecule has 43 heavy (non-hydrogen) atoms. The van der Waals surface area contributed by atoms with Gasteiger partial charge >= 0.3 is 12.1 Å². The summed E-state index contributed by atoms with van der Waals surface area (Å²) in [4.78, 5) is 66.1. The van der Waals surface area contributed by atoms with Gasteiger partial charge in [-0.25, -0.2) is 9.59 Å². The van der Waals surface area contributed by atoms with Gasteiger partial charge in [0.15, 0.2) is 0 Å². The van der Waals surface area contributed by atoms with E-state index in [0.717, 1.165) is 5.56 Å². The van der Waals surface area contributed by atoms with Gasteiger partial charge in [-0.2, -0.15) is 0 Å². The van der Waals surface area contributed by atoms with Crippen molar-refractivity contribution in [1.82, 2.24) is 21.3 Å². The Hall–Kier alpha value is -3.63. The summed E-state index contributed by atoms with van der Waals surface area (Å²) in [7, 11) is 0. The van der Waals surface area contributed by atoms with E-state index in [1.54, 1.807) is 69.2 Å². The highest BCUT2D eigenvalue weighted by molar-refractivity contribution is 6.00. The van der Waals surface area contributed by atoms with Gasteiger partial charge in [0.25, 0.3) is 0 Å². The number of carbonyl (C=O) groups excluding carboxylic acids is 4. The molecule has 0 aromatic heterocycles. The molecule has 0 aliphatic rings. The number of carboxylic acids is 1. The van der Waals surface area contributed by atoms with Crippen LogP contribution < -0.4 is 21.3 Å². The Bertz CT molecular complexity index is 1170. The maximum absolute atomic E-state index is 13.9. The molecule has 4 amide bonds. The lowest BCUT2D eigenvalue weighted by Crippen LogP contribution is -2.72. The molecule has 11 nitrogen and oxygen atoms in total. The third-order valence-electron chi connectivity index (χ3n) is 9.17. The van der Waals surface area contributed by atoms with Gasteiger partial charge in [0.2, 0.25) is 17.7 Å². The van der Waals surface area contributed by atoms with Gasteiger partial charge in [0.05, 0.1) is 0 Å². The van der Waals surface area contributed by atoms with Crippen molar-refractivity contribution in [3.8, 4) is 0 Å². The van der Waals surface area contributed by atoms with Gasteiger partial charge in [-0.1, -0.05) is 85.7 Å². The average molecular weight is 605 g/mol. The fourth-order valence-electron chi connectivity index (χ4n) is 3.90. The first-order valence-electron chi connectivity index (χ1n) is 14.8. The van der Waals surface area contributed by atoms with Crippen LogP contribution in [-0.4, -0.2) is 57.0 Å². The molecule has 1 aromatic rings. The van der Waals surface area contributed by atoms with Crippen molar-refractivity contribution in [1.29, 1.82) is 0 Å². The van der Waals surface area contributed by atoms with E-state index < -0.39 is 75.6 Å². The fraction of sp³-hybridized carbons (Fsp3) is 0.656. The van der Waals surface area contributed by atoms with Gasteiger partial charge in [-0.05, 0) is 56.9 Å². The number of hydrogen-bond donors (Lipinski definition) is 5. The summed E-state index contributed by atoms with van der Waals surface area (Å²) in [6, 6.07) is 9.11. The molecule has 0 unspecified atom stereocenters. The van der Waals surface area contributed by atoms with Crippen molar-refractivity contribution in [2.75, 3.05) is 0 Å². The predicted molar refractivity (Wildman–Crippen MR) is 165 cm³/mol. The predicted octanol–water partition coefficient (Wildman–Crippen LogP) is 4.00. The smallest absolute Gasteiger partial charge is 0.408 e. The van der Waals surface area contributed by atoms with Crippen LogP contribution in [0.2, 0.25) is 0 Å². The van der Waals surface area contributed by atoms with Crippen molar-refractivity contribution in [2.45, 2.75) is 112 Å². The maximum Gasteiger partial charge on any atom is 0.408 e. The number of amides is 4. The molecule has 0 aliphatic heterocycles. The number of alkyl carbamates (subject to hydrolysis) is 1. The highest BCUT2D eigenvalue weighted by atomic mass is 16.5. The molecule has 0 heterocycles. The lowest BCUT2D eigenvalue weighted by atomic mass is 9.80. The molecule has 0 saturated carbocycles. The minimum atomic E-state index is -1.58. The Morgan fingerprint density at radius 1 is 0.605 bits per heavy atom. The molecular weight excluding hydrogens is 552 g/mol. The summed E-state index contributed by atoms with van der Waals surface area (Å²) in [5.74, 6) is -4.85. The molecule has 242 valence electrons. The van der Waals surface area contributed by atoms with Crippen LogP contribution >= 0.6 is 0 Å². The Kier molecular flexibility index (Phi) is 12.4. The third-order valence-corrected chi connectivity index (χ3v) is 9.17. The van der Waals surface area contributed by atoms with Crippen LogP contribution in [0, 0.1) is 23.7 Å². The van der Waals surface area contributed by atoms with Crippen LogP contribution in [-0.2, 0) is 30.5 Å². The summed E-state index contributed by atoms with van der Waals surface area (Å²) in [5, 5.41) is 20.8. The number of carbonyl (C=O) groups is 5. The molecule has 4 atom stereocenters. The van der Waals surface area contributed by atoms with Crippen LogP contribution in [0.5, 0.6) is 0 Å². The molecular formula is C32H52N4O7.